The van der Waals surface area contributed by atoms with Crippen LogP contribution >= 0.6 is 8.15 Å². The molecule has 0 saturated heterocycles. The zero-order valence-corrected chi connectivity index (χ0v) is 7.87. The van der Waals surface area contributed by atoms with Crippen LogP contribution in [0.15, 0.2) is 0 Å². The average Bonchev–Trinajstić information content (AvgIpc) is 1.62. The van der Waals surface area contributed by atoms with Gasteiger partial charge in [0.1, 0.15) is 0 Å². The molecule has 9 heavy (non-hydrogen) atoms. The molecule has 0 fully saturated rings. The van der Waals surface area contributed by atoms with E-state index in [2.05, 4.69) is 34.6 Å². The van der Waals surface area contributed by atoms with Gasteiger partial charge < -0.3 is 4.89 Å². The summed E-state index contributed by atoms with van der Waals surface area (Å²) in [4.78, 5) is 9.53. The van der Waals surface area contributed by atoms with Crippen molar-refractivity contribution in [2.45, 2.75) is 45.4 Å². The van der Waals surface area contributed by atoms with Crippen molar-refractivity contribution >= 4 is 8.15 Å². The minimum atomic E-state index is -0.781. The summed E-state index contributed by atoms with van der Waals surface area (Å²) in [5.41, 5.74) is 0.431. The van der Waals surface area contributed by atoms with Crippen LogP contribution in [0.2, 0.25) is 0 Å². The Hall–Kier alpha value is 0.390. The van der Waals surface area contributed by atoms with Crippen LogP contribution in [0.4, 0.5) is 0 Å². The Morgan fingerprint density at radius 1 is 1.22 bits per heavy atom. The molecule has 0 saturated carbocycles. The lowest BCUT2D eigenvalue weighted by molar-refractivity contribution is 0.565. The van der Waals surface area contributed by atoms with E-state index in [0.29, 0.717) is 5.66 Å². The Kier molecular flexibility index (Phi) is 3.11. The van der Waals surface area contributed by atoms with Crippen LogP contribution in [0, 0.1) is 0 Å². The first kappa shape index (κ1) is 9.39. The van der Waals surface area contributed by atoms with Crippen LogP contribution in [-0.4, -0.2) is 15.7 Å². The van der Waals surface area contributed by atoms with Gasteiger partial charge in [0.25, 0.3) is 0 Å². The summed E-state index contributed by atoms with van der Waals surface area (Å²) < 4.78 is 0. The van der Waals surface area contributed by atoms with E-state index in [1.807, 2.05) is 0 Å². The Balaban J connectivity index is 3.88. The lowest BCUT2D eigenvalue weighted by Crippen LogP contribution is -2.15. The van der Waals surface area contributed by atoms with Gasteiger partial charge in [0.05, 0.1) is 0 Å². The third kappa shape index (κ3) is 3.17. The minimum absolute atomic E-state index is 0.101. The summed E-state index contributed by atoms with van der Waals surface area (Å²) in [5, 5.41) is 0.101. The predicted octanol–water partition coefficient (Wildman–Crippen LogP) is 2.58. The summed E-state index contributed by atoms with van der Waals surface area (Å²) in [6.45, 7) is 10.4. The van der Waals surface area contributed by atoms with E-state index in [9.17, 15) is 4.89 Å². The minimum Gasteiger partial charge on any atom is -0.373 e. The van der Waals surface area contributed by atoms with Crippen molar-refractivity contribution in [3.05, 3.63) is 0 Å². The van der Waals surface area contributed by atoms with Crippen LogP contribution in [-0.2, 0) is 0 Å². The van der Waals surface area contributed by atoms with Crippen molar-refractivity contribution in [3.8, 4) is 0 Å². The van der Waals surface area contributed by atoms with Gasteiger partial charge in [-0.2, -0.15) is 0 Å². The molecule has 0 aliphatic heterocycles. The molecule has 0 heterocycles. The summed E-state index contributed by atoms with van der Waals surface area (Å²) in [6.07, 6.45) is 0. The van der Waals surface area contributed by atoms with Gasteiger partial charge in [0, 0.05) is 13.3 Å². The molecular weight excluding hydrogens is 131 g/mol. The molecule has 56 valence electrons. The van der Waals surface area contributed by atoms with Gasteiger partial charge in [0.2, 0.25) is 0 Å². The zero-order chi connectivity index (χ0) is 7.65. The predicted molar refractivity (Wildman–Crippen MR) is 44.0 cm³/mol. The molecule has 0 radical (unpaired) electrons. The van der Waals surface area contributed by atoms with E-state index < -0.39 is 8.15 Å². The maximum atomic E-state index is 9.53. The topological polar surface area (TPSA) is 20.2 Å². The van der Waals surface area contributed by atoms with Crippen LogP contribution < -0.4 is 0 Å². The monoisotopic (exact) mass is 148 g/mol. The fraction of sp³-hybridized carbons (Fsp3) is 1.00. The Morgan fingerprint density at radius 3 is 1.56 bits per heavy atom. The summed E-state index contributed by atoms with van der Waals surface area (Å²) in [6, 6.07) is 0. The van der Waals surface area contributed by atoms with Gasteiger partial charge in [0.15, 0.2) is 0 Å². The van der Waals surface area contributed by atoms with Crippen molar-refractivity contribution < 1.29 is 4.89 Å². The molecule has 2 heteroatoms. The molecular formula is C7H17OP. The smallest absolute Gasteiger partial charge is 0.0332 e. The molecule has 0 aromatic carbocycles. The lowest BCUT2D eigenvalue weighted by atomic mass is 10.3. The highest BCUT2D eigenvalue weighted by Crippen LogP contribution is 2.48. The van der Waals surface area contributed by atoms with Gasteiger partial charge in [-0.05, 0) is 5.66 Å². The standard InChI is InChI=1S/C7H17OP/c1-6(2)9(8)7(3,4)5/h6,8H,1-5H3. The van der Waals surface area contributed by atoms with E-state index in [1.165, 1.54) is 0 Å². The van der Waals surface area contributed by atoms with E-state index in [1.54, 1.807) is 0 Å². The second-order valence-electron chi connectivity index (χ2n) is 3.61. The molecule has 0 spiro atoms. The van der Waals surface area contributed by atoms with Crippen LogP contribution in [0.3, 0.4) is 0 Å². The average molecular weight is 148 g/mol. The normalized spacial score (nSPS) is 16.3. The number of hydrogen-bond donors (Lipinski definition) is 1. The van der Waals surface area contributed by atoms with E-state index >= 15 is 0 Å². The fourth-order valence-electron chi connectivity index (χ4n) is 0.775. The third-order valence-electron chi connectivity index (χ3n) is 1.18. The van der Waals surface area contributed by atoms with Gasteiger partial charge in [-0.3, -0.25) is 0 Å². The van der Waals surface area contributed by atoms with Crippen molar-refractivity contribution in [1.29, 1.82) is 0 Å². The van der Waals surface area contributed by atoms with Crippen molar-refractivity contribution in [2.75, 3.05) is 0 Å². The molecule has 0 aromatic rings. The van der Waals surface area contributed by atoms with Crippen LogP contribution in [0.1, 0.15) is 34.6 Å². The van der Waals surface area contributed by atoms with E-state index in [0.717, 1.165) is 0 Å². The maximum absolute atomic E-state index is 9.53. The second-order valence-corrected chi connectivity index (χ2v) is 6.67. The van der Waals surface area contributed by atoms with Gasteiger partial charge in [-0.25, -0.2) is 0 Å². The highest BCUT2D eigenvalue weighted by atomic mass is 31.1. The van der Waals surface area contributed by atoms with Crippen molar-refractivity contribution in [1.82, 2.24) is 0 Å². The van der Waals surface area contributed by atoms with Gasteiger partial charge >= 0.3 is 0 Å². The molecule has 1 atom stereocenters. The lowest BCUT2D eigenvalue weighted by Gasteiger charge is -2.28. The molecule has 0 bridgehead atoms. The highest BCUT2D eigenvalue weighted by molar-refractivity contribution is 7.53. The zero-order valence-electron chi connectivity index (χ0n) is 6.97. The van der Waals surface area contributed by atoms with Crippen molar-refractivity contribution in [2.24, 2.45) is 0 Å². The molecule has 0 aliphatic rings. The third-order valence-corrected chi connectivity index (χ3v) is 3.53. The first-order valence-electron chi connectivity index (χ1n) is 3.34. The van der Waals surface area contributed by atoms with Crippen molar-refractivity contribution in [3.63, 3.8) is 0 Å². The van der Waals surface area contributed by atoms with Crippen LogP contribution in [0.5, 0.6) is 0 Å². The molecule has 1 unspecified atom stereocenters. The first-order valence-corrected chi connectivity index (χ1v) is 4.70. The molecule has 0 aromatic heterocycles. The van der Waals surface area contributed by atoms with E-state index in [4.69, 9.17) is 0 Å². The quantitative estimate of drug-likeness (QED) is 0.566. The van der Waals surface area contributed by atoms with Gasteiger partial charge in [-0.15, -0.1) is 0 Å². The summed E-state index contributed by atoms with van der Waals surface area (Å²) in [7, 11) is -0.781. The largest absolute Gasteiger partial charge is 0.373 e. The fourth-order valence-corrected chi connectivity index (χ4v) is 2.32. The second kappa shape index (κ2) is 2.98. The Morgan fingerprint density at radius 2 is 1.56 bits per heavy atom. The summed E-state index contributed by atoms with van der Waals surface area (Å²) in [5.74, 6) is 0. The Labute approximate surface area is 59.3 Å². The SMILES string of the molecule is CC(C)P(O)C(C)(C)C. The van der Waals surface area contributed by atoms with E-state index in [-0.39, 0.29) is 5.16 Å². The molecule has 0 amide bonds. The molecule has 0 rings (SSSR count). The molecule has 1 N–H and O–H groups in total. The first-order chi connectivity index (χ1) is 3.85. The Bertz CT molecular complexity index is 83.4. The number of rotatable bonds is 1. The highest BCUT2D eigenvalue weighted by Gasteiger charge is 2.24. The van der Waals surface area contributed by atoms with Crippen LogP contribution in [0.25, 0.3) is 0 Å². The molecule has 1 nitrogen and oxygen atoms in total. The molecule has 0 aliphatic carbocycles. The summed E-state index contributed by atoms with van der Waals surface area (Å²) >= 11 is 0. The van der Waals surface area contributed by atoms with Gasteiger partial charge in [-0.1, -0.05) is 34.6 Å². The number of hydrogen-bond acceptors (Lipinski definition) is 1. The maximum Gasteiger partial charge on any atom is 0.0332 e.